The Balaban J connectivity index is 0.00000176. The largest absolute Gasteiger partial charge is 0.332 e. The highest BCUT2D eigenvalue weighted by atomic mass is 35.5. The van der Waals surface area contributed by atoms with Crippen LogP contribution in [0.5, 0.6) is 0 Å². The number of thiazole rings is 1. The Labute approximate surface area is 147 Å². The zero-order valence-electron chi connectivity index (χ0n) is 11.9. The lowest BCUT2D eigenvalue weighted by molar-refractivity contribution is 0.417. The molecule has 22 heavy (non-hydrogen) atoms. The molecule has 9 heteroatoms. The zero-order chi connectivity index (χ0) is 14.8. The van der Waals surface area contributed by atoms with Crippen LogP contribution in [0.15, 0.2) is 22.0 Å². The minimum absolute atomic E-state index is 0. The maximum absolute atomic E-state index is 5.95. The fraction of sp³-hybridized carbons (Fsp3) is 0.308. The Morgan fingerprint density at radius 1 is 1.36 bits per heavy atom. The number of thiophene rings is 1. The molecule has 0 aromatic carbocycles. The summed E-state index contributed by atoms with van der Waals surface area (Å²) in [5.41, 5.74) is 0.704. The lowest BCUT2D eigenvalue weighted by Crippen LogP contribution is -2.24. The first-order valence-corrected chi connectivity index (χ1v) is 8.44. The van der Waals surface area contributed by atoms with Gasteiger partial charge in [0, 0.05) is 17.8 Å². The summed E-state index contributed by atoms with van der Waals surface area (Å²) in [5.74, 6) is 1.14. The number of halogens is 2. The Hall–Kier alpha value is -0.990. The maximum atomic E-state index is 5.95. The molecule has 0 fully saturated rings. The minimum Gasteiger partial charge on any atom is -0.332 e. The van der Waals surface area contributed by atoms with E-state index in [1.807, 2.05) is 24.6 Å². The van der Waals surface area contributed by atoms with Gasteiger partial charge in [0.15, 0.2) is 5.82 Å². The molecule has 118 valence electrons. The molecule has 3 aromatic rings. The van der Waals surface area contributed by atoms with Gasteiger partial charge < -0.3 is 9.84 Å². The Morgan fingerprint density at radius 3 is 2.86 bits per heavy atom. The van der Waals surface area contributed by atoms with Crippen LogP contribution in [0, 0.1) is 0 Å². The van der Waals surface area contributed by atoms with Gasteiger partial charge in [-0.1, -0.05) is 16.8 Å². The number of likely N-dealkylation sites (N-methyl/N-ethyl adjacent to an activating group) is 1. The first-order chi connectivity index (χ1) is 10.2. The Morgan fingerprint density at radius 2 is 2.18 bits per heavy atom. The fourth-order valence-electron chi connectivity index (χ4n) is 1.73. The molecule has 0 aliphatic rings. The maximum Gasteiger partial charge on any atom is 0.277 e. The second kappa shape index (κ2) is 7.52. The number of hydrogen-bond donors (Lipinski definition) is 1. The first kappa shape index (κ1) is 17.4. The Kier molecular flexibility index (Phi) is 5.94. The van der Waals surface area contributed by atoms with E-state index in [4.69, 9.17) is 16.1 Å². The molecular weight excluding hydrogens is 363 g/mol. The molecule has 0 bridgehead atoms. The topological polar surface area (TPSA) is 63.8 Å². The van der Waals surface area contributed by atoms with E-state index in [0.717, 1.165) is 20.6 Å². The molecule has 3 heterocycles. The third-order valence-electron chi connectivity index (χ3n) is 2.96. The van der Waals surface area contributed by atoms with E-state index in [-0.39, 0.29) is 12.4 Å². The van der Waals surface area contributed by atoms with Crippen LogP contribution >= 0.6 is 46.7 Å². The zero-order valence-corrected chi connectivity index (χ0v) is 15.1. The lowest BCUT2D eigenvalue weighted by atomic mass is 10.2. The number of nitrogens with one attached hydrogen (secondary N) is 1. The molecule has 1 N–H and O–H groups in total. The van der Waals surface area contributed by atoms with Crippen LogP contribution in [0.1, 0.15) is 12.7 Å². The standard InChI is InChI=1S/C13H13ClN4OS2.ClH/c1-7(15-2)5-11-17-12(19-18-11)8-6-20-13(16-8)9-3-4-10(14)21-9;/h3-4,6-7,15H,5H2,1-2H3;1H. The van der Waals surface area contributed by atoms with Crippen LogP contribution < -0.4 is 5.32 Å². The van der Waals surface area contributed by atoms with Gasteiger partial charge in [0.1, 0.15) is 10.7 Å². The average molecular weight is 377 g/mol. The summed E-state index contributed by atoms with van der Waals surface area (Å²) in [5, 5.41) is 9.96. The van der Waals surface area contributed by atoms with E-state index >= 15 is 0 Å². The summed E-state index contributed by atoms with van der Waals surface area (Å²) in [7, 11) is 1.91. The highest BCUT2D eigenvalue weighted by Crippen LogP contribution is 2.34. The summed E-state index contributed by atoms with van der Waals surface area (Å²) in [6.45, 7) is 2.07. The fourth-order valence-corrected chi connectivity index (χ4v) is 3.64. The van der Waals surface area contributed by atoms with Crippen molar-refractivity contribution in [3.05, 3.63) is 27.7 Å². The number of hydrogen-bond acceptors (Lipinski definition) is 7. The van der Waals surface area contributed by atoms with Crippen molar-refractivity contribution in [2.24, 2.45) is 0 Å². The quantitative estimate of drug-likeness (QED) is 0.724. The van der Waals surface area contributed by atoms with Gasteiger partial charge in [-0.2, -0.15) is 4.98 Å². The number of rotatable bonds is 5. The van der Waals surface area contributed by atoms with Gasteiger partial charge in [-0.05, 0) is 26.1 Å². The van der Waals surface area contributed by atoms with Crippen LogP contribution in [0.2, 0.25) is 4.34 Å². The predicted molar refractivity (Wildman–Crippen MR) is 93.2 cm³/mol. The summed E-state index contributed by atoms with van der Waals surface area (Å²) in [4.78, 5) is 9.96. The van der Waals surface area contributed by atoms with Crippen molar-refractivity contribution in [1.29, 1.82) is 0 Å². The third kappa shape index (κ3) is 3.85. The van der Waals surface area contributed by atoms with E-state index in [1.165, 1.54) is 22.7 Å². The van der Waals surface area contributed by atoms with Crippen molar-refractivity contribution in [3.63, 3.8) is 0 Å². The molecule has 3 rings (SSSR count). The van der Waals surface area contributed by atoms with Crippen LogP contribution in [0.25, 0.3) is 21.5 Å². The van der Waals surface area contributed by atoms with Crippen LogP contribution in [-0.4, -0.2) is 28.2 Å². The van der Waals surface area contributed by atoms with Gasteiger partial charge in [-0.25, -0.2) is 4.98 Å². The molecule has 0 amide bonds. The van der Waals surface area contributed by atoms with Gasteiger partial charge >= 0.3 is 0 Å². The highest BCUT2D eigenvalue weighted by Gasteiger charge is 2.15. The van der Waals surface area contributed by atoms with Crippen molar-refractivity contribution in [1.82, 2.24) is 20.4 Å². The average Bonchev–Trinajstić information content (AvgIpc) is 3.17. The van der Waals surface area contributed by atoms with Crippen LogP contribution in [0.3, 0.4) is 0 Å². The van der Waals surface area contributed by atoms with E-state index in [2.05, 4.69) is 27.4 Å². The summed E-state index contributed by atoms with van der Waals surface area (Å²) in [6, 6.07) is 4.13. The second-order valence-electron chi connectivity index (χ2n) is 4.55. The van der Waals surface area contributed by atoms with Gasteiger partial charge in [-0.3, -0.25) is 0 Å². The van der Waals surface area contributed by atoms with Gasteiger partial charge in [0.25, 0.3) is 5.89 Å². The number of aromatic nitrogens is 3. The van der Waals surface area contributed by atoms with Crippen LogP contribution in [-0.2, 0) is 6.42 Å². The van der Waals surface area contributed by atoms with Crippen molar-refractivity contribution < 1.29 is 4.52 Å². The monoisotopic (exact) mass is 376 g/mol. The molecule has 0 radical (unpaired) electrons. The third-order valence-corrected chi connectivity index (χ3v) is 5.20. The van der Waals surface area contributed by atoms with Gasteiger partial charge in [0.2, 0.25) is 0 Å². The lowest BCUT2D eigenvalue weighted by Gasteiger charge is -2.04. The van der Waals surface area contributed by atoms with Crippen LogP contribution in [0.4, 0.5) is 0 Å². The number of nitrogens with zero attached hydrogens (tertiary/aromatic N) is 3. The molecule has 0 aliphatic carbocycles. The normalized spacial score (nSPS) is 12.1. The van der Waals surface area contributed by atoms with Crippen molar-refractivity contribution in [2.75, 3.05) is 7.05 Å². The summed E-state index contributed by atoms with van der Waals surface area (Å²) in [6.07, 6.45) is 0.720. The Bertz CT molecular complexity index is 740. The van der Waals surface area contributed by atoms with E-state index in [0.29, 0.717) is 23.5 Å². The molecule has 1 atom stereocenters. The van der Waals surface area contributed by atoms with Crippen molar-refractivity contribution in [3.8, 4) is 21.5 Å². The molecule has 0 saturated carbocycles. The van der Waals surface area contributed by atoms with E-state index < -0.39 is 0 Å². The second-order valence-corrected chi connectivity index (χ2v) is 7.12. The van der Waals surface area contributed by atoms with E-state index in [9.17, 15) is 0 Å². The molecule has 0 spiro atoms. The molecular formula is C13H14Cl2N4OS2. The molecule has 3 aromatic heterocycles. The highest BCUT2D eigenvalue weighted by molar-refractivity contribution is 7.23. The predicted octanol–water partition coefficient (Wildman–Crippen LogP) is 4.15. The molecule has 0 saturated heterocycles. The first-order valence-electron chi connectivity index (χ1n) is 6.37. The molecule has 5 nitrogen and oxygen atoms in total. The SMILES string of the molecule is CNC(C)Cc1noc(-c2csc(-c3ccc(Cl)s3)n2)n1.Cl. The van der Waals surface area contributed by atoms with Gasteiger partial charge in [0.05, 0.1) is 9.21 Å². The molecule has 0 aliphatic heterocycles. The molecule has 1 unspecified atom stereocenters. The minimum atomic E-state index is 0. The summed E-state index contributed by atoms with van der Waals surface area (Å²) < 4.78 is 6.04. The van der Waals surface area contributed by atoms with Crippen molar-refractivity contribution >= 4 is 46.7 Å². The summed E-state index contributed by atoms with van der Waals surface area (Å²) >= 11 is 8.99. The van der Waals surface area contributed by atoms with Crippen molar-refractivity contribution in [2.45, 2.75) is 19.4 Å². The van der Waals surface area contributed by atoms with Gasteiger partial charge in [-0.15, -0.1) is 35.1 Å². The van der Waals surface area contributed by atoms with E-state index in [1.54, 1.807) is 0 Å². The smallest absolute Gasteiger partial charge is 0.277 e.